The lowest BCUT2D eigenvalue weighted by molar-refractivity contribution is -0.127. The van der Waals surface area contributed by atoms with E-state index >= 15 is 0 Å². The van der Waals surface area contributed by atoms with Crippen molar-refractivity contribution in [2.24, 2.45) is 0 Å². The number of hydrogen-bond donors (Lipinski definition) is 1. The average Bonchev–Trinajstić information content (AvgIpc) is 3.60. The fraction of sp³-hybridized carbons (Fsp3) is 0.458. The Balaban J connectivity index is 1.61. The zero-order chi connectivity index (χ0) is 24.1. The van der Waals surface area contributed by atoms with Gasteiger partial charge in [0.15, 0.2) is 5.76 Å². The third-order valence-electron chi connectivity index (χ3n) is 6.01. The van der Waals surface area contributed by atoms with Gasteiger partial charge in [0.2, 0.25) is 11.7 Å². The maximum atomic E-state index is 13.6. The molecule has 1 saturated carbocycles. The monoisotopic (exact) mass is 466 g/mol. The van der Waals surface area contributed by atoms with Crippen LogP contribution in [0.4, 0.5) is 5.69 Å². The van der Waals surface area contributed by atoms with Gasteiger partial charge in [0.1, 0.15) is 24.1 Å². The highest BCUT2D eigenvalue weighted by Crippen LogP contribution is 2.31. The summed E-state index contributed by atoms with van der Waals surface area (Å²) in [5.41, 5.74) is 0.519. The first-order valence-electron chi connectivity index (χ1n) is 11.6. The summed E-state index contributed by atoms with van der Waals surface area (Å²) < 4.78 is 11.1. The van der Waals surface area contributed by atoms with E-state index in [2.05, 4.69) is 20.7 Å². The largest absolute Gasteiger partial charge is 0.495 e. The topological polar surface area (TPSA) is 115 Å². The number of ether oxygens (including phenoxy) is 1. The van der Waals surface area contributed by atoms with Crippen LogP contribution in [0, 0.1) is 6.92 Å². The third-order valence-corrected chi connectivity index (χ3v) is 6.01. The standard InChI is InChI=1S/C24H30N6O4/c1-4-18(24(32)25-17-9-5-6-10-17)30(19-11-7-8-12-20(19)33-3)22(31)15-29-27-23(26-28-29)21-14-13-16(2)34-21/h7-8,11-14,17-18H,4-6,9-10,15H2,1-3H3,(H,25,32)/t18-/m1/s1. The maximum absolute atomic E-state index is 13.6. The van der Waals surface area contributed by atoms with Gasteiger partial charge < -0.3 is 14.5 Å². The molecule has 1 N–H and O–H groups in total. The van der Waals surface area contributed by atoms with Gasteiger partial charge in [-0.15, -0.1) is 10.2 Å². The first-order chi connectivity index (χ1) is 16.5. The molecule has 3 aromatic rings. The second-order valence-corrected chi connectivity index (χ2v) is 8.40. The average molecular weight is 467 g/mol. The van der Waals surface area contributed by atoms with E-state index in [1.807, 2.05) is 26.0 Å². The highest BCUT2D eigenvalue weighted by atomic mass is 16.5. The summed E-state index contributed by atoms with van der Waals surface area (Å²) in [6, 6.07) is 10.2. The molecule has 0 saturated heterocycles. The lowest BCUT2D eigenvalue weighted by atomic mass is 10.1. The predicted octanol–water partition coefficient (Wildman–Crippen LogP) is 3.12. The molecule has 34 heavy (non-hydrogen) atoms. The van der Waals surface area contributed by atoms with Crippen molar-refractivity contribution in [3.05, 3.63) is 42.2 Å². The molecule has 1 atom stereocenters. The van der Waals surface area contributed by atoms with Crippen LogP contribution in [0.15, 0.2) is 40.8 Å². The Morgan fingerprint density at radius 1 is 1.24 bits per heavy atom. The van der Waals surface area contributed by atoms with Crippen LogP contribution in [0.25, 0.3) is 11.6 Å². The number of nitrogens with one attached hydrogen (secondary N) is 1. The van der Waals surface area contributed by atoms with Crippen molar-refractivity contribution in [2.75, 3.05) is 12.0 Å². The van der Waals surface area contributed by atoms with E-state index in [0.29, 0.717) is 23.6 Å². The van der Waals surface area contributed by atoms with Crippen LogP contribution in [-0.2, 0) is 16.1 Å². The van der Waals surface area contributed by atoms with Crippen molar-refractivity contribution >= 4 is 17.5 Å². The van der Waals surface area contributed by atoms with E-state index in [0.717, 1.165) is 31.4 Å². The number of aromatic nitrogens is 4. The van der Waals surface area contributed by atoms with Crippen LogP contribution >= 0.6 is 0 Å². The van der Waals surface area contributed by atoms with Gasteiger partial charge in [-0.2, -0.15) is 4.80 Å². The molecule has 0 unspecified atom stereocenters. The fourth-order valence-electron chi connectivity index (χ4n) is 4.32. The van der Waals surface area contributed by atoms with Gasteiger partial charge in [-0.05, 0) is 55.7 Å². The van der Waals surface area contributed by atoms with Crippen molar-refractivity contribution in [3.63, 3.8) is 0 Å². The summed E-state index contributed by atoms with van der Waals surface area (Å²) in [7, 11) is 1.54. The van der Waals surface area contributed by atoms with E-state index in [4.69, 9.17) is 9.15 Å². The number of amides is 2. The van der Waals surface area contributed by atoms with Gasteiger partial charge in [-0.1, -0.05) is 31.9 Å². The molecule has 2 heterocycles. The number of benzene rings is 1. The predicted molar refractivity (Wildman–Crippen MR) is 125 cm³/mol. The van der Waals surface area contributed by atoms with Crippen molar-refractivity contribution in [1.82, 2.24) is 25.5 Å². The van der Waals surface area contributed by atoms with E-state index in [9.17, 15) is 9.59 Å². The molecule has 1 aliphatic carbocycles. The Kier molecular flexibility index (Phi) is 7.24. The van der Waals surface area contributed by atoms with E-state index in [-0.39, 0.29) is 30.2 Å². The van der Waals surface area contributed by atoms with Gasteiger partial charge in [0.25, 0.3) is 5.91 Å². The number of aryl methyl sites for hydroxylation is 1. The first-order valence-corrected chi connectivity index (χ1v) is 11.6. The number of anilines is 1. The highest BCUT2D eigenvalue weighted by Gasteiger charge is 2.33. The summed E-state index contributed by atoms with van der Waals surface area (Å²) in [4.78, 5) is 29.6. The Morgan fingerprint density at radius 2 is 2.00 bits per heavy atom. The number of furan rings is 1. The zero-order valence-electron chi connectivity index (χ0n) is 19.7. The summed E-state index contributed by atoms with van der Waals surface area (Å²) in [6.45, 7) is 3.52. The molecule has 10 heteroatoms. The van der Waals surface area contributed by atoms with Gasteiger partial charge >= 0.3 is 0 Å². The van der Waals surface area contributed by atoms with Gasteiger partial charge in [0, 0.05) is 6.04 Å². The molecular formula is C24H30N6O4. The van der Waals surface area contributed by atoms with Crippen LogP contribution < -0.4 is 15.0 Å². The number of methoxy groups -OCH3 is 1. The van der Waals surface area contributed by atoms with Crippen molar-refractivity contribution < 1.29 is 18.7 Å². The number of nitrogens with zero attached hydrogens (tertiary/aromatic N) is 5. The minimum Gasteiger partial charge on any atom is -0.495 e. The molecule has 0 spiro atoms. The number of tetrazole rings is 1. The van der Waals surface area contributed by atoms with Crippen molar-refractivity contribution in [2.45, 2.75) is 64.6 Å². The first kappa shape index (κ1) is 23.5. The maximum Gasteiger partial charge on any atom is 0.251 e. The molecule has 1 fully saturated rings. The van der Waals surface area contributed by atoms with E-state index < -0.39 is 6.04 Å². The Morgan fingerprint density at radius 3 is 2.68 bits per heavy atom. The molecule has 10 nitrogen and oxygen atoms in total. The smallest absolute Gasteiger partial charge is 0.251 e. The molecule has 180 valence electrons. The zero-order valence-corrected chi connectivity index (χ0v) is 19.7. The van der Waals surface area contributed by atoms with Crippen LogP contribution in [0.3, 0.4) is 0 Å². The number of carbonyl (C=O) groups excluding carboxylic acids is 2. The van der Waals surface area contributed by atoms with Gasteiger partial charge in [-0.3, -0.25) is 14.5 Å². The SMILES string of the molecule is CC[C@H](C(=O)NC1CCCC1)N(C(=O)Cn1nnc(-c2ccc(C)o2)n1)c1ccccc1OC. The van der Waals surface area contributed by atoms with Crippen LogP contribution in [-0.4, -0.2) is 51.2 Å². The number of para-hydroxylation sites is 2. The normalized spacial score (nSPS) is 14.7. The molecule has 4 rings (SSSR count). The highest BCUT2D eigenvalue weighted by molar-refractivity contribution is 6.01. The minimum absolute atomic E-state index is 0.146. The lowest BCUT2D eigenvalue weighted by Crippen LogP contribution is -2.52. The lowest BCUT2D eigenvalue weighted by Gasteiger charge is -2.32. The van der Waals surface area contributed by atoms with Gasteiger partial charge in [0.05, 0.1) is 12.8 Å². The summed E-state index contributed by atoms with van der Waals surface area (Å²) in [6.07, 6.45) is 4.56. The quantitative estimate of drug-likeness (QED) is 0.515. The summed E-state index contributed by atoms with van der Waals surface area (Å²) in [5.74, 6) is 1.46. The molecule has 1 aromatic carbocycles. The molecular weight excluding hydrogens is 436 g/mol. The number of hydrogen-bond acceptors (Lipinski definition) is 7. The fourth-order valence-corrected chi connectivity index (χ4v) is 4.32. The van der Waals surface area contributed by atoms with Gasteiger partial charge in [-0.25, -0.2) is 0 Å². The van der Waals surface area contributed by atoms with Crippen molar-refractivity contribution in [1.29, 1.82) is 0 Å². The molecule has 0 aliphatic heterocycles. The van der Waals surface area contributed by atoms with Crippen LogP contribution in [0.2, 0.25) is 0 Å². The molecule has 1 aliphatic rings. The third kappa shape index (κ3) is 5.11. The Hall–Kier alpha value is -3.69. The summed E-state index contributed by atoms with van der Waals surface area (Å²) >= 11 is 0. The Labute approximate surface area is 198 Å². The van der Waals surface area contributed by atoms with Crippen LogP contribution in [0.1, 0.15) is 44.8 Å². The molecule has 2 aromatic heterocycles. The molecule has 0 radical (unpaired) electrons. The molecule has 2 amide bonds. The Bertz CT molecular complexity index is 1130. The van der Waals surface area contributed by atoms with Crippen molar-refractivity contribution in [3.8, 4) is 17.3 Å². The van der Waals surface area contributed by atoms with Crippen LogP contribution in [0.5, 0.6) is 5.75 Å². The number of rotatable bonds is 9. The summed E-state index contributed by atoms with van der Waals surface area (Å²) in [5, 5.41) is 15.4. The second kappa shape index (κ2) is 10.5. The second-order valence-electron chi connectivity index (χ2n) is 8.40. The van der Waals surface area contributed by atoms with E-state index in [1.165, 1.54) is 16.8 Å². The van der Waals surface area contributed by atoms with E-state index in [1.54, 1.807) is 24.3 Å². The number of carbonyl (C=O) groups is 2. The minimum atomic E-state index is -0.708. The molecule has 0 bridgehead atoms.